The first-order chi connectivity index (χ1) is 10.4. The molecule has 1 aliphatic rings. The monoisotopic (exact) mass is 306 g/mol. The Morgan fingerprint density at radius 3 is 2.64 bits per heavy atom. The van der Waals surface area contributed by atoms with Crippen molar-refractivity contribution < 1.29 is 19.0 Å². The predicted octanol–water partition coefficient (Wildman–Crippen LogP) is 3.86. The Morgan fingerprint density at radius 2 is 2.05 bits per heavy atom. The maximum Gasteiger partial charge on any atom is 0.303 e. The molecule has 0 bridgehead atoms. The van der Waals surface area contributed by atoms with E-state index in [1.165, 1.54) is 6.92 Å². The highest BCUT2D eigenvalue weighted by molar-refractivity contribution is 5.66. The van der Waals surface area contributed by atoms with Crippen molar-refractivity contribution in [2.75, 3.05) is 6.61 Å². The Hall–Kier alpha value is -1.39. The van der Waals surface area contributed by atoms with E-state index >= 15 is 0 Å². The van der Waals surface area contributed by atoms with Crippen LogP contribution in [-0.4, -0.2) is 24.5 Å². The molecule has 2 rings (SSSR count). The fourth-order valence-corrected chi connectivity index (χ4v) is 2.97. The lowest BCUT2D eigenvalue weighted by molar-refractivity contribution is -0.276. The molecule has 4 heteroatoms. The predicted molar refractivity (Wildman–Crippen MR) is 84.3 cm³/mol. The molecule has 1 aliphatic heterocycles. The molecule has 1 heterocycles. The number of ether oxygens (including phenoxy) is 3. The van der Waals surface area contributed by atoms with Gasteiger partial charge < -0.3 is 14.2 Å². The van der Waals surface area contributed by atoms with Crippen molar-refractivity contribution in [2.45, 2.75) is 58.5 Å². The van der Waals surface area contributed by atoms with E-state index in [1.807, 2.05) is 44.2 Å². The highest BCUT2D eigenvalue weighted by atomic mass is 16.7. The van der Waals surface area contributed by atoms with Crippen LogP contribution in [0.25, 0.3) is 0 Å². The fraction of sp³-hybridized carbons (Fsp3) is 0.611. The maximum atomic E-state index is 11.5. The van der Waals surface area contributed by atoms with Gasteiger partial charge in [0.1, 0.15) is 6.10 Å². The van der Waals surface area contributed by atoms with Gasteiger partial charge in [-0.25, -0.2) is 0 Å². The second kappa shape index (κ2) is 7.25. The first kappa shape index (κ1) is 17.0. The number of carbonyl (C=O) groups excluding carboxylic acids is 1. The molecule has 1 aromatic rings. The van der Waals surface area contributed by atoms with E-state index in [9.17, 15) is 4.79 Å². The van der Waals surface area contributed by atoms with Crippen LogP contribution in [0.4, 0.5) is 0 Å². The van der Waals surface area contributed by atoms with Gasteiger partial charge in [-0.15, -0.1) is 0 Å². The molecule has 1 fully saturated rings. The molecule has 0 spiro atoms. The van der Waals surface area contributed by atoms with Crippen LogP contribution in [0.2, 0.25) is 0 Å². The van der Waals surface area contributed by atoms with Crippen LogP contribution in [0.1, 0.15) is 52.2 Å². The van der Waals surface area contributed by atoms with Gasteiger partial charge in [0.25, 0.3) is 0 Å². The van der Waals surface area contributed by atoms with Gasteiger partial charge in [-0.1, -0.05) is 37.3 Å². The van der Waals surface area contributed by atoms with Crippen molar-refractivity contribution in [1.29, 1.82) is 0 Å². The van der Waals surface area contributed by atoms with E-state index in [-0.39, 0.29) is 24.1 Å². The molecular weight excluding hydrogens is 280 g/mol. The summed E-state index contributed by atoms with van der Waals surface area (Å²) >= 11 is 0. The third-order valence-corrected chi connectivity index (χ3v) is 3.91. The van der Waals surface area contributed by atoms with Crippen LogP contribution in [0.5, 0.6) is 0 Å². The van der Waals surface area contributed by atoms with Crippen LogP contribution >= 0.6 is 0 Å². The summed E-state index contributed by atoms with van der Waals surface area (Å²) in [6.45, 7) is 8.13. The average Bonchev–Trinajstić information content (AvgIpc) is 2.44. The molecule has 22 heavy (non-hydrogen) atoms. The Kier molecular flexibility index (Phi) is 5.59. The molecule has 0 amide bonds. The zero-order valence-electron chi connectivity index (χ0n) is 13.9. The topological polar surface area (TPSA) is 44.8 Å². The molecule has 1 aromatic carbocycles. The van der Waals surface area contributed by atoms with Gasteiger partial charge in [0.15, 0.2) is 5.79 Å². The van der Waals surface area contributed by atoms with Crippen LogP contribution in [0.15, 0.2) is 30.3 Å². The Balaban J connectivity index is 2.05. The van der Waals surface area contributed by atoms with Crippen molar-refractivity contribution in [3.63, 3.8) is 0 Å². The second-order valence-corrected chi connectivity index (χ2v) is 6.43. The Morgan fingerprint density at radius 1 is 1.36 bits per heavy atom. The van der Waals surface area contributed by atoms with Crippen molar-refractivity contribution in [3.8, 4) is 0 Å². The van der Waals surface area contributed by atoms with Crippen LogP contribution in [0, 0.1) is 5.92 Å². The number of carbonyl (C=O) groups is 1. The average molecular weight is 306 g/mol. The van der Waals surface area contributed by atoms with Crippen molar-refractivity contribution in [1.82, 2.24) is 0 Å². The lowest BCUT2D eigenvalue weighted by Gasteiger charge is -2.38. The second-order valence-electron chi connectivity index (χ2n) is 6.43. The number of hydrogen-bond acceptors (Lipinski definition) is 4. The molecule has 0 aromatic heterocycles. The van der Waals surface area contributed by atoms with E-state index in [0.29, 0.717) is 6.61 Å². The summed E-state index contributed by atoms with van der Waals surface area (Å²) in [5, 5.41) is 0. The zero-order chi connectivity index (χ0) is 16.2. The number of hydrogen-bond donors (Lipinski definition) is 0. The fourth-order valence-electron chi connectivity index (χ4n) is 2.97. The molecule has 0 radical (unpaired) electrons. The van der Waals surface area contributed by atoms with E-state index in [2.05, 4.69) is 6.92 Å². The first-order valence-corrected chi connectivity index (χ1v) is 7.91. The van der Waals surface area contributed by atoms with Gasteiger partial charge in [-0.2, -0.15) is 0 Å². The number of rotatable bonds is 5. The summed E-state index contributed by atoms with van der Waals surface area (Å²) in [7, 11) is 0. The van der Waals surface area contributed by atoms with Crippen LogP contribution < -0.4 is 0 Å². The summed E-state index contributed by atoms with van der Waals surface area (Å²) in [6.07, 6.45) is 1.59. The highest BCUT2D eigenvalue weighted by Crippen LogP contribution is 2.33. The Bertz CT molecular complexity index is 483. The van der Waals surface area contributed by atoms with Crippen LogP contribution in [-0.2, 0) is 19.0 Å². The van der Waals surface area contributed by atoms with Crippen molar-refractivity contribution >= 4 is 5.97 Å². The quantitative estimate of drug-likeness (QED) is 0.775. The third-order valence-electron chi connectivity index (χ3n) is 3.91. The summed E-state index contributed by atoms with van der Waals surface area (Å²) in [5.74, 6) is -0.620. The van der Waals surface area contributed by atoms with Gasteiger partial charge in [-0.3, -0.25) is 4.79 Å². The standard InChI is InChI=1S/C18H26O4/c1-13(12-16-10-11-20-18(3,4)22-16)17(21-14(2)19)15-8-6-5-7-9-15/h5-9,13,16-17H,10-12H2,1-4H3. The summed E-state index contributed by atoms with van der Waals surface area (Å²) in [5.41, 5.74) is 1.02. The molecule has 0 saturated carbocycles. The minimum atomic E-state index is -0.535. The van der Waals surface area contributed by atoms with Crippen molar-refractivity contribution in [3.05, 3.63) is 35.9 Å². The SMILES string of the molecule is CC(=O)OC(c1ccccc1)C(C)CC1CCOC(C)(C)O1. The largest absolute Gasteiger partial charge is 0.457 e. The van der Waals surface area contributed by atoms with E-state index in [0.717, 1.165) is 18.4 Å². The highest BCUT2D eigenvalue weighted by Gasteiger charge is 2.32. The minimum absolute atomic E-state index is 0.125. The van der Waals surface area contributed by atoms with Gasteiger partial charge in [0.05, 0.1) is 12.7 Å². The lowest BCUT2D eigenvalue weighted by atomic mass is 9.91. The van der Waals surface area contributed by atoms with E-state index < -0.39 is 5.79 Å². The minimum Gasteiger partial charge on any atom is -0.457 e. The van der Waals surface area contributed by atoms with E-state index in [4.69, 9.17) is 14.2 Å². The molecule has 4 nitrogen and oxygen atoms in total. The molecule has 0 N–H and O–H groups in total. The molecule has 1 saturated heterocycles. The van der Waals surface area contributed by atoms with Crippen LogP contribution in [0.3, 0.4) is 0 Å². The number of benzene rings is 1. The van der Waals surface area contributed by atoms with Gasteiger partial charge in [0.2, 0.25) is 0 Å². The summed E-state index contributed by atoms with van der Waals surface area (Å²) in [4.78, 5) is 11.5. The lowest BCUT2D eigenvalue weighted by Crippen LogP contribution is -2.40. The van der Waals surface area contributed by atoms with E-state index in [1.54, 1.807) is 0 Å². The maximum absolute atomic E-state index is 11.5. The molecule has 3 unspecified atom stereocenters. The van der Waals surface area contributed by atoms with Gasteiger partial charge >= 0.3 is 5.97 Å². The van der Waals surface area contributed by atoms with Crippen molar-refractivity contribution in [2.24, 2.45) is 5.92 Å². The molecular formula is C18H26O4. The smallest absolute Gasteiger partial charge is 0.303 e. The first-order valence-electron chi connectivity index (χ1n) is 7.91. The summed E-state index contributed by atoms with van der Waals surface area (Å²) in [6, 6.07) is 9.89. The molecule has 0 aliphatic carbocycles. The Labute approximate surface area is 132 Å². The van der Waals surface area contributed by atoms with Gasteiger partial charge in [-0.05, 0) is 38.2 Å². The third kappa shape index (κ3) is 4.82. The molecule has 122 valence electrons. The normalized spacial score (nSPS) is 23.5. The molecule has 3 atom stereocenters. The zero-order valence-corrected chi connectivity index (χ0v) is 13.9. The number of esters is 1. The summed E-state index contributed by atoms with van der Waals surface area (Å²) < 4.78 is 17.1. The van der Waals surface area contributed by atoms with Gasteiger partial charge in [0, 0.05) is 6.92 Å².